The molecule has 0 heterocycles. The number of hydrogen-bond donors (Lipinski definition) is 4. The Morgan fingerprint density at radius 3 is 1.55 bits per heavy atom. The number of carbonyl (C=O) groups is 4. The van der Waals surface area contributed by atoms with E-state index in [0.717, 1.165) is 32.1 Å². The molecule has 1 aliphatic carbocycles. The molecule has 1 fully saturated rings. The van der Waals surface area contributed by atoms with E-state index < -0.39 is 35.7 Å². The van der Waals surface area contributed by atoms with Crippen molar-refractivity contribution in [1.29, 1.82) is 0 Å². The number of carboxylic acids is 4. The average molecular weight is 414 g/mol. The predicted octanol–water partition coefficient (Wildman–Crippen LogP) is 3.59. The van der Waals surface area contributed by atoms with Gasteiger partial charge in [-0.05, 0) is 55.8 Å². The van der Waals surface area contributed by atoms with Crippen LogP contribution in [0.4, 0.5) is 0 Å². The summed E-state index contributed by atoms with van der Waals surface area (Å²) in [5.74, 6) is -6.51. The molecular weight excluding hydrogens is 380 g/mol. The Balaban J connectivity index is 2.75. The molecule has 4 unspecified atom stereocenters. The molecule has 29 heavy (non-hydrogen) atoms. The minimum Gasteiger partial charge on any atom is -0.481 e. The van der Waals surface area contributed by atoms with Crippen LogP contribution in [0.2, 0.25) is 0 Å². The molecule has 8 nitrogen and oxygen atoms in total. The van der Waals surface area contributed by atoms with Gasteiger partial charge in [0.05, 0.1) is 0 Å². The molecule has 0 spiro atoms. The molecule has 1 aliphatic rings. The van der Waals surface area contributed by atoms with Crippen LogP contribution in [0.3, 0.4) is 0 Å². The Hall–Kier alpha value is -2.12. The molecule has 0 saturated heterocycles. The average Bonchev–Trinajstić information content (AvgIpc) is 2.62. The van der Waals surface area contributed by atoms with E-state index >= 15 is 0 Å². The zero-order valence-corrected chi connectivity index (χ0v) is 17.2. The van der Waals surface area contributed by atoms with E-state index in [4.69, 9.17) is 20.4 Å². The van der Waals surface area contributed by atoms with Crippen molar-refractivity contribution >= 4 is 23.9 Å². The second-order valence-corrected chi connectivity index (χ2v) is 8.37. The zero-order chi connectivity index (χ0) is 22.1. The lowest BCUT2D eigenvalue weighted by Gasteiger charge is -2.42. The highest BCUT2D eigenvalue weighted by atomic mass is 16.4. The largest absolute Gasteiger partial charge is 0.481 e. The Morgan fingerprint density at radius 1 is 0.759 bits per heavy atom. The highest BCUT2D eigenvalue weighted by Gasteiger charge is 2.37. The van der Waals surface area contributed by atoms with Crippen molar-refractivity contribution in [1.82, 2.24) is 0 Å². The minimum absolute atomic E-state index is 0.0947. The summed E-state index contributed by atoms with van der Waals surface area (Å²) >= 11 is 0. The van der Waals surface area contributed by atoms with Gasteiger partial charge in [-0.3, -0.25) is 19.2 Å². The van der Waals surface area contributed by atoms with Gasteiger partial charge in [0, 0.05) is 0 Å². The zero-order valence-electron chi connectivity index (χ0n) is 17.2. The molecule has 166 valence electrons. The van der Waals surface area contributed by atoms with E-state index in [0.29, 0.717) is 36.5 Å². The molecule has 4 atom stereocenters. The van der Waals surface area contributed by atoms with Gasteiger partial charge in [-0.15, -0.1) is 0 Å². The molecule has 0 bridgehead atoms. The minimum atomic E-state index is -1.39. The fraction of sp³-hybridized carbons (Fsp3) is 0.810. The first-order valence-corrected chi connectivity index (χ1v) is 10.5. The van der Waals surface area contributed by atoms with Crippen LogP contribution in [-0.4, -0.2) is 44.3 Å². The van der Waals surface area contributed by atoms with Crippen LogP contribution < -0.4 is 0 Å². The monoisotopic (exact) mass is 414 g/mol. The van der Waals surface area contributed by atoms with E-state index in [1.165, 1.54) is 0 Å². The van der Waals surface area contributed by atoms with E-state index in [9.17, 15) is 19.2 Å². The lowest BCUT2D eigenvalue weighted by Crippen LogP contribution is -2.34. The normalized spacial score (nSPS) is 24.6. The van der Waals surface area contributed by atoms with Crippen molar-refractivity contribution in [2.24, 2.45) is 35.5 Å². The molecule has 1 rings (SSSR count). The second-order valence-electron chi connectivity index (χ2n) is 8.37. The van der Waals surface area contributed by atoms with Crippen LogP contribution >= 0.6 is 0 Å². The number of aliphatic carboxylic acids is 4. The van der Waals surface area contributed by atoms with Crippen LogP contribution in [0.1, 0.15) is 71.6 Å². The van der Waals surface area contributed by atoms with Gasteiger partial charge in [0.2, 0.25) is 0 Å². The fourth-order valence-electron chi connectivity index (χ4n) is 4.95. The summed E-state index contributed by atoms with van der Waals surface area (Å²) in [7, 11) is 0. The molecule has 0 amide bonds. The third kappa shape index (κ3) is 7.33. The summed E-state index contributed by atoms with van der Waals surface area (Å²) in [6.45, 7) is 4.28. The van der Waals surface area contributed by atoms with Gasteiger partial charge in [-0.1, -0.05) is 39.5 Å². The summed E-state index contributed by atoms with van der Waals surface area (Å²) in [6.07, 6.45) is 5.82. The second kappa shape index (κ2) is 11.8. The lowest BCUT2D eigenvalue weighted by molar-refractivity contribution is -0.157. The summed E-state index contributed by atoms with van der Waals surface area (Å²) < 4.78 is 0. The lowest BCUT2D eigenvalue weighted by atomic mass is 9.63. The quantitative estimate of drug-likeness (QED) is 0.334. The Morgan fingerprint density at radius 2 is 1.17 bits per heavy atom. The van der Waals surface area contributed by atoms with Gasteiger partial charge < -0.3 is 20.4 Å². The van der Waals surface area contributed by atoms with Gasteiger partial charge in [0.1, 0.15) is 0 Å². The standard InChI is InChI=1S/C21H34O8/c1-3-13-11-10-12(2)14(6-4-8-16(18(22)23)19(24)25)15(13)7-5-9-17(20(26)27)21(28)29/h12-17H,3-11H2,1-2H3,(H,22,23)(H,24,25)(H,26,27)(H,28,29). The van der Waals surface area contributed by atoms with Gasteiger partial charge in [-0.25, -0.2) is 0 Å². The summed E-state index contributed by atoms with van der Waals surface area (Å²) in [4.78, 5) is 44.4. The highest BCUT2D eigenvalue weighted by Crippen LogP contribution is 2.45. The molecule has 0 aromatic carbocycles. The maximum absolute atomic E-state index is 11.1. The van der Waals surface area contributed by atoms with Crippen molar-refractivity contribution in [2.45, 2.75) is 71.6 Å². The van der Waals surface area contributed by atoms with Crippen molar-refractivity contribution in [2.75, 3.05) is 0 Å². The molecule has 1 saturated carbocycles. The number of rotatable bonds is 13. The van der Waals surface area contributed by atoms with Crippen LogP contribution in [0, 0.1) is 35.5 Å². The predicted molar refractivity (Wildman–Crippen MR) is 104 cm³/mol. The smallest absolute Gasteiger partial charge is 0.317 e. The molecule has 0 radical (unpaired) electrons. The van der Waals surface area contributed by atoms with Gasteiger partial charge in [-0.2, -0.15) is 0 Å². The maximum atomic E-state index is 11.1. The first-order chi connectivity index (χ1) is 13.6. The Bertz CT molecular complexity index is 559. The van der Waals surface area contributed by atoms with Gasteiger partial charge in [0.15, 0.2) is 11.8 Å². The summed E-state index contributed by atoms with van der Waals surface area (Å²) in [5.41, 5.74) is 0. The number of hydrogen-bond acceptors (Lipinski definition) is 4. The topological polar surface area (TPSA) is 149 Å². The summed E-state index contributed by atoms with van der Waals surface area (Å²) in [6, 6.07) is 0. The van der Waals surface area contributed by atoms with E-state index in [-0.39, 0.29) is 12.8 Å². The molecular formula is C21H34O8. The molecule has 4 N–H and O–H groups in total. The number of carboxylic acid groups (broad SMARTS) is 4. The SMILES string of the molecule is CCC1CCC(C)C(CCCC(C(=O)O)C(=O)O)C1CCCC(C(=O)O)C(=O)O. The Kier molecular flexibility index (Phi) is 10.1. The van der Waals surface area contributed by atoms with Crippen molar-refractivity contribution < 1.29 is 39.6 Å². The van der Waals surface area contributed by atoms with Crippen molar-refractivity contribution in [3.63, 3.8) is 0 Å². The third-order valence-electron chi connectivity index (χ3n) is 6.66. The van der Waals surface area contributed by atoms with Crippen LogP contribution in [0.5, 0.6) is 0 Å². The molecule has 8 heteroatoms. The van der Waals surface area contributed by atoms with Crippen LogP contribution in [0.25, 0.3) is 0 Å². The van der Waals surface area contributed by atoms with Crippen LogP contribution in [0.15, 0.2) is 0 Å². The van der Waals surface area contributed by atoms with E-state index in [1.54, 1.807) is 0 Å². The molecule has 0 aliphatic heterocycles. The van der Waals surface area contributed by atoms with Gasteiger partial charge >= 0.3 is 23.9 Å². The molecule has 0 aromatic rings. The first kappa shape index (κ1) is 24.9. The molecule has 0 aromatic heterocycles. The van der Waals surface area contributed by atoms with E-state index in [1.807, 2.05) is 0 Å². The fourth-order valence-corrected chi connectivity index (χ4v) is 4.95. The van der Waals surface area contributed by atoms with Gasteiger partial charge in [0.25, 0.3) is 0 Å². The third-order valence-corrected chi connectivity index (χ3v) is 6.66. The Labute approximate surface area is 171 Å². The van der Waals surface area contributed by atoms with Crippen molar-refractivity contribution in [3.8, 4) is 0 Å². The van der Waals surface area contributed by atoms with E-state index in [2.05, 4.69) is 13.8 Å². The van der Waals surface area contributed by atoms with Crippen LogP contribution in [-0.2, 0) is 19.2 Å². The maximum Gasteiger partial charge on any atom is 0.317 e. The summed E-state index contributed by atoms with van der Waals surface area (Å²) in [5, 5.41) is 36.2. The highest BCUT2D eigenvalue weighted by molar-refractivity contribution is 5.93. The first-order valence-electron chi connectivity index (χ1n) is 10.5. The van der Waals surface area contributed by atoms with Crippen molar-refractivity contribution in [3.05, 3.63) is 0 Å².